The molecule has 18 heavy (non-hydrogen) atoms. The molecular weight excluding hydrogens is 246 g/mol. The van der Waals surface area contributed by atoms with Crippen molar-refractivity contribution >= 4 is 23.2 Å². The van der Waals surface area contributed by atoms with E-state index in [2.05, 4.69) is 25.2 Å². The maximum Gasteiger partial charge on any atom is 0.224 e. The highest BCUT2D eigenvalue weighted by molar-refractivity contribution is 6.17. The summed E-state index contributed by atoms with van der Waals surface area (Å²) in [5.74, 6) is 1.33. The van der Waals surface area contributed by atoms with E-state index in [9.17, 15) is 4.79 Å². The molecule has 0 saturated heterocycles. The lowest BCUT2D eigenvalue weighted by atomic mass is 10.1. The van der Waals surface area contributed by atoms with Crippen molar-refractivity contribution in [3.05, 3.63) is 29.8 Å². The Kier molecular flexibility index (Phi) is 6.81. The molecule has 0 aromatic heterocycles. The van der Waals surface area contributed by atoms with Crippen LogP contribution in [0.15, 0.2) is 24.3 Å². The van der Waals surface area contributed by atoms with Crippen molar-refractivity contribution in [2.45, 2.75) is 39.5 Å². The second kappa shape index (κ2) is 8.15. The van der Waals surface area contributed by atoms with E-state index in [1.807, 2.05) is 18.2 Å². The molecule has 0 heterocycles. The van der Waals surface area contributed by atoms with Crippen LogP contribution in [0.25, 0.3) is 0 Å². The first-order chi connectivity index (χ1) is 8.61. The molecule has 0 bridgehead atoms. The molecule has 0 spiro atoms. The average Bonchev–Trinajstić information content (AvgIpc) is 2.34. The van der Waals surface area contributed by atoms with Gasteiger partial charge in [-0.05, 0) is 42.9 Å². The van der Waals surface area contributed by atoms with Crippen LogP contribution in [0.3, 0.4) is 0 Å². The Labute approximate surface area is 115 Å². The summed E-state index contributed by atoms with van der Waals surface area (Å²) in [5, 5.41) is 2.94. The fourth-order valence-corrected chi connectivity index (χ4v) is 1.85. The molecule has 0 radical (unpaired) electrons. The van der Waals surface area contributed by atoms with Gasteiger partial charge in [-0.25, -0.2) is 0 Å². The van der Waals surface area contributed by atoms with Crippen LogP contribution >= 0.6 is 11.6 Å². The normalized spacial score (nSPS) is 10.7. The molecule has 1 N–H and O–H groups in total. The van der Waals surface area contributed by atoms with Gasteiger partial charge in [0.15, 0.2) is 0 Å². The molecule has 1 amide bonds. The van der Waals surface area contributed by atoms with Crippen molar-refractivity contribution in [3.63, 3.8) is 0 Å². The monoisotopic (exact) mass is 267 g/mol. The van der Waals surface area contributed by atoms with Crippen molar-refractivity contribution in [3.8, 4) is 0 Å². The first kappa shape index (κ1) is 15.0. The summed E-state index contributed by atoms with van der Waals surface area (Å²) in [5.41, 5.74) is 2.10. The zero-order chi connectivity index (χ0) is 13.4. The second-order valence-corrected chi connectivity index (χ2v) is 5.35. The van der Waals surface area contributed by atoms with E-state index in [-0.39, 0.29) is 5.91 Å². The molecular formula is C15H22ClNO. The summed E-state index contributed by atoms with van der Waals surface area (Å²) in [6, 6.07) is 8.00. The highest BCUT2D eigenvalue weighted by Gasteiger charge is 2.04. The van der Waals surface area contributed by atoms with Crippen molar-refractivity contribution < 1.29 is 4.79 Å². The third kappa shape index (κ3) is 6.06. The van der Waals surface area contributed by atoms with Crippen LogP contribution in [-0.2, 0) is 11.2 Å². The van der Waals surface area contributed by atoms with Gasteiger partial charge in [0.2, 0.25) is 5.91 Å². The van der Waals surface area contributed by atoms with Crippen LogP contribution in [0.4, 0.5) is 5.69 Å². The smallest absolute Gasteiger partial charge is 0.224 e. The van der Waals surface area contributed by atoms with E-state index in [0.717, 1.165) is 24.9 Å². The largest absolute Gasteiger partial charge is 0.326 e. The topological polar surface area (TPSA) is 29.1 Å². The zero-order valence-electron chi connectivity index (χ0n) is 11.2. The number of hydrogen-bond acceptors (Lipinski definition) is 1. The molecule has 3 heteroatoms. The Hall–Kier alpha value is -1.02. The Morgan fingerprint density at radius 2 is 2.17 bits per heavy atom. The molecule has 0 unspecified atom stereocenters. The SMILES string of the molecule is CC(C)CCC(=O)Nc1cccc(CCCCl)c1. The van der Waals surface area contributed by atoms with Gasteiger partial charge >= 0.3 is 0 Å². The second-order valence-electron chi connectivity index (χ2n) is 4.97. The molecule has 1 aromatic carbocycles. The van der Waals surface area contributed by atoms with Crippen molar-refractivity contribution in [1.82, 2.24) is 0 Å². The Morgan fingerprint density at radius 1 is 1.39 bits per heavy atom. The number of alkyl halides is 1. The molecule has 0 fully saturated rings. The summed E-state index contributed by atoms with van der Waals surface area (Å²) in [6.45, 7) is 4.25. The molecule has 2 nitrogen and oxygen atoms in total. The van der Waals surface area contributed by atoms with Gasteiger partial charge in [0, 0.05) is 18.0 Å². The molecule has 0 aliphatic carbocycles. The van der Waals surface area contributed by atoms with Crippen LogP contribution in [0.2, 0.25) is 0 Å². The number of amides is 1. The van der Waals surface area contributed by atoms with Gasteiger partial charge in [-0.1, -0.05) is 26.0 Å². The molecule has 1 rings (SSSR count). The quantitative estimate of drug-likeness (QED) is 0.736. The number of nitrogens with one attached hydrogen (secondary N) is 1. The lowest BCUT2D eigenvalue weighted by Crippen LogP contribution is -2.12. The van der Waals surface area contributed by atoms with Crippen LogP contribution in [0, 0.1) is 5.92 Å². The average molecular weight is 268 g/mol. The summed E-state index contributed by atoms with van der Waals surface area (Å²) >= 11 is 5.68. The molecule has 0 aliphatic rings. The maximum atomic E-state index is 11.7. The highest BCUT2D eigenvalue weighted by Crippen LogP contribution is 2.13. The van der Waals surface area contributed by atoms with E-state index in [0.29, 0.717) is 18.2 Å². The van der Waals surface area contributed by atoms with Gasteiger partial charge in [0.25, 0.3) is 0 Å². The van der Waals surface area contributed by atoms with Crippen molar-refractivity contribution in [2.24, 2.45) is 5.92 Å². The molecule has 1 aromatic rings. The number of aryl methyl sites for hydroxylation is 1. The van der Waals surface area contributed by atoms with Crippen LogP contribution < -0.4 is 5.32 Å². The van der Waals surface area contributed by atoms with Gasteiger partial charge < -0.3 is 5.32 Å². The van der Waals surface area contributed by atoms with Gasteiger partial charge in [-0.3, -0.25) is 4.79 Å². The third-order valence-electron chi connectivity index (χ3n) is 2.76. The standard InChI is InChI=1S/C15H22ClNO/c1-12(2)8-9-15(18)17-14-7-3-5-13(11-14)6-4-10-16/h3,5,7,11-12H,4,6,8-10H2,1-2H3,(H,17,18). The van der Waals surface area contributed by atoms with Gasteiger partial charge in [-0.15, -0.1) is 11.6 Å². The minimum Gasteiger partial charge on any atom is -0.326 e. The van der Waals surface area contributed by atoms with Gasteiger partial charge in [0.05, 0.1) is 0 Å². The Bertz CT molecular complexity index is 377. The van der Waals surface area contributed by atoms with E-state index in [4.69, 9.17) is 11.6 Å². The first-order valence-corrected chi connectivity index (χ1v) is 7.10. The fraction of sp³-hybridized carbons (Fsp3) is 0.533. The number of hydrogen-bond donors (Lipinski definition) is 1. The van der Waals surface area contributed by atoms with Crippen LogP contribution in [-0.4, -0.2) is 11.8 Å². The summed E-state index contributed by atoms with van der Waals surface area (Å²) in [6.07, 6.45) is 3.44. The van der Waals surface area contributed by atoms with E-state index < -0.39 is 0 Å². The van der Waals surface area contributed by atoms with Crippen molar-refractivity contribution in [2.75, 3.05) is 11.2 Å². The zero-order valence-corrected chi connectivity index (χ0v) is 12.0. The minimum absolute atomic E-state index is 0.0955. The Morgan fingerprint density at radius 3 is 2.83 bits per heavy atom. The maximum absolute atomic E-state index is 11.7. The minimum atomic E-state index is 0.0955. The first-order valence-electron chi connectivity index (χ1n) is 6.56. The van der Waals surface area contributed by atoms with Crippen LogP contribution in [0.1, 0.15) is 38.7 Å². The van der Waals surface area contributed by atoms with E-state index in [1.165, 1.54) is 5.56 Å². The highest BCUT2D eigenvalue weighted by atomic mass is 35.5. The number of benzene rings is 1. The van der Waals surface area contributed by atoms with Crippen molar-refractivity contribution in [1.29, 1.82) is 0 Å². The van der Waals surface area contributed by atoms with E-state index in [1.54, 1.807) is 0 Å². The number of anilines is 1. The Balaban J connectivity index is 2.48. The number of halogens is 1. The summed E-state index contributed by atoms with van der Waals surface area (Å²) in [7, 11) is 0. The fourth-order valence-electron chi connectivity index (χ4n) is 1.72. The number of carbonyl (C=O) groups excluding carboxylic acids is 1. The molecule has 100 valence electrons. The van der Waals surface area contributed by atoms with Gasteiger partial charge in [0.1, 0.15) is 0 Å². The van der Waals surface area contributed by atoms with Crippen LogP contribution in [0.5, 0.6) is 0 Å². The molecule has 0 atom stereocenters. The third-order valence-corrected chi connectivity index (χ3v) is 3.03. The molecule has 0 aliphatic heterocycles. The lowest BCUT2D eigenvalue weighted by Gasteiger charge is -2.08. The number of rotatable bonds is 7. The predicted molar refractivity (Wildman–Crippen MR) is 78.2 cm³/mol. The summed E-state index contributed by atoms with van der Waals surface area (Å²) < 4.78 is 0. The van der Waals surface area contributed by atoms with E-state index >= 15 is 0 Å². The predicted octanol–water partition coefficient (Wildman–Crippen LogP) is 4.23. The molecule has 0 saturated carbocycles. The number of carbonyl (C=O) groups is 1. The summed E-state index contributed by atoms with van der Waals surface area (Å²) in [4.78, 5) is 11.7. The van der Waals surface area contributed by atoms with Gasteiger partial charge in [-0.2, -0.15) is 0 Å². The lowest BCUT2D eigenvalue weighted by molar-refractivity contribution is -0.116.